The van der Waals surface area contributed by atoms with Gasteiger partial charge in [-0.05, 0) is 26.0 Å². The fraction of sp³-hybridized carbons (Fsp3) is 0.182. The van der Waals surface area contributed by atoms with Gasteiger partial charge in [0.15, 0.2) is 5.78 Å². The Morgan fingerprint density at radius 2 is 1.79 bits per heavy atom. The maximum atomic E-state index is 11.7. The van der Waals surface area contributed by atoms with Crippen LogP contribution in [0.3, 0.4) is 0 Å². The van der Waals surface area contributed by atoms with Gasteiger partial charge >= 0.3 is 0 Å². The first kappa shape index (κ1) is 10.9. The summed E-state index contributed by atoms with van der Waals surface area (Å²) in [6.07, 6.45) is 0. The predicted molar refractivity (Wildman–Crippen MR) is 57.4 cm³/mol. The first-order valence-corrected chi connectivity index (χ1v) is 5.35. The van der Waals surface area contributed by atoms with Crippen molar-refractivity contribution < 1.29 is 9.00 Å². The standard InChI is InChI=1S/C11H12O2S/c1-8-4-6-11(7-5-8)14(13)10(3)9(2)12/h4-7H,3H2,1-2H3. The normalized spacial score (nSPS) is 12.1. The summed E-state index contributed by atoms with van der Waals surface area (Å²) in [7, 11) is -1.41. The van der Waals surface area contributed by atoms with E-state index in [0.717, 1.165) is 5.56 Å². The number of hydrogen-bond acceptors (Lipinski definition) is 2. The summed E-state index contributed by atoms with van der Waals surface area (Å²) in [5.74, 6) is -0.232. The van der Waals surface area contributed by atoms with E-state index in [4.69, 9.17) is 0 Å². The van der Waals surface area contributed by atoms with Gasteiger partial charge in [-0.3, -0.25) is 4.79 Å². The highest BCUT2D eigenvalue weighted by molar-refractivity contribution is 7.90. The van der Waals surface area contributed by atoms with Crippen LogP contribution in [-0.2, 0) is 15.6 Å². The van der Waals surface area contributed by atoms with Gasteiger partial charge in [0, 0.05) is 4.90 Å². The van der Waals surface area contributed by atoms with Gasteiger partial charge in [0.2, 0.25) is 0 Å². The van der Waals surface area contributed by atoms with Crippen molar-refractivity contribution in [3.8, 4) is 0 Å². The Morgan fingerprint density at radius 1 is 1.29 bits per heavy atom. The molecular formula is C11H12O2S. The second-order valence-electron chi connectivity index (χ2n) is 3.06. The average Bonchev–Trinajstić information content (AvgIpc) is 2.16. The van der Waals surface area contributed by atoms with Crippen molar-refractivity contribution in [1.29, 1.82) is 0 Å². The second kappa shape index (κ2) is 4.33. The number of aryl methyl sites for hydroxylation is 1. The highest BCUT2D eigenvalue weighted by Crippen LogP contribution is 2.14. The number of carbonyl (C=O) groups excluding carboxylic acids is 1. The molecule has 14 heavy (non-hydrogen) atoms. The van der Waals surface area contributed by atoms with Crippen molar-refractivity contribution in [3.05, 3.63) is 41.3 Å². The molecule has 1 aromatic rings. The fourth-order valence-electron chi connectivity index (χ4n) is 0.935. The first-order chi connectivity index (χ1) is 6.52. The van der Waals surface area contributed by atoms with Crippen LogP contribution in [0.2, 0.25) is 0 Å². The highest BCUT2D eigenvalue weighted by atomic mass is 32.2. The minimum absolute atomic E-state index is 0.147. The molecule has 0 aliphatic heterocycles. The van der Waals surface area contributed by atoms with E-state index in [9.17, 15) is 9.00 Å². The summed E-state index contributed by atoms with van der Waals surface area (Å²) >= 11 is 0. The molecule has 1 atom stereocenters. The van der Waals surface area contributed by atoms with Crippen LogP contribution in [0.1, 0.15) is 12.5 Å². The van der Waals surface area contributed by atoms with E-state index in [-0.39, 0.29) is 10.7 Å². The summed E-state index contributed by atoms with van der Waals surface area (Å²) in [5, 5.41) is 0. The van der Waals surface area contributed by atoms with E-state index in [0.29, 0.717) is 4.90 Å². The van der Waals surface area contributed by atoms with E-state index in [1.807, 2.05) is 19.1 Å². The summed E-state index contributed by atoms with van der Waals surface area (Å²) < 4.78 is 11.7. The van der Waals surface area contributed by atoms with Gasteiger partial charge in [-0.1, -0.05) is 24.3 Å². The smallest absolute Gasteiger partial charge is 0.168 e. The molecule has 0 radical (unpaired) electrons. The maximum absolute atomic E-state index is 11.7. The second-order valence-corrected chi connectivity index (χ2v) is 4.56. The quantitative estimate of drug-likeness (QED) is 0.714. The molecular weight excluding hydrogens is 196 g/mol. The number of benzene rings is 1. The fourth-order valence-corrected chi connectivity index (χ4v) is 1.86. The highest BCUT2D eigenvalue weighted by Gasteiger charge is 2.11. The van der Waals surface area contributed by atoms with Gasteiger partial charge in [0.1, 0.15) is 0 Å². The molecule has 1 unspecified atom stereocenters. The largest absolute Gasteiger partial charge is 0.294 e. The summed E-state index contributed by atoms with van der Waals surface area (Å²) in [4.78, 5) is 11.7. The molecule has 1 aromatic carbocycles. The SMILES string of the molecule is C=C(C(C)=O)S(=O)c1ccc(C)cc1. The lowest BCUT2D eigenvalue weighted by Gasteiger charge is -2.02. The van der Waals surface area contributed by atoms with E-state index in [1.165, 1.54) is 6.92 Å². The molecule has 0 spiro atoms. The van der Waals surface area contributed by atoms with Gasteiger partial charge in [-0.15, -0.1) is 0 Å². The number of rotatable bonds is 3. The average molecular weight is 208 g/mol. The number of allylic oxidation sites excluding steroid dienone is 1. The van der Waals surface area contributed by atoms with Crippen molar-refractivity contribution in [2.75, 3.05) is 0 Å². The molecule has 0 heterocycles. The Hall–Kier alpha value is -1.22. The first-order valence-electron chi connectivity index (χ1n) is 4.20. The van der Waals surface area contributed by atoms with Crippen LogP contribution < -0.4 is 0 Å². The molecule has 3 heteroatoms. The molecule has 0 N–H and O–H groups in total. The molecule has 0 saturated carbocycles. The van der Waals surface area contributed by atoms with Crippen LogP contribution in [-0.4, -0.2) is 9.99 Å². The van der Waals surface area contributed by atoms with Gasteiger partial charge in [-0.2, -0.15) is 0 Å². The maximum Gasteiger partial charge on any atom is 0.168 e. The Morgan fingerprint density at radius 3 is 2.21 bits per heavy atom. The van der Waals surface area contributed by atoms with E-state index >= 15 is 0 Å². The van der Waals surface area contributed by atoms with E-state index < -0.39 is 10.8 Å². The lowest BCUT2D eigenvalue weighted by molar-refractivity contribution is -0.112. The van der Waals surface area contributed by atoms with Crippen molar-refractivity contribution in [1.82, 2.24) is 0 Å². The zero-order chi connectivity index (χ0) is 10.7. The van der Waals surface area contributed by atoms with Gasteiger partial charge in [-0.25, -0.2) is 4.21 Å². The third-order valence-electron chi connectivity index (χ3n) is 1.85. The molecule has 1 rings (SSSR count). The van der Waals surface area contributed by atoms with Crippen LogP contribution in [0.15, 0.2) is 40.6 Å². The number of Topliss-reactive ketones (excluding diaryl/α,β-unsaturated/α-hetero) is 1. The minimum atomic E-state index is -1.41. The Bertz CT molecular complexity index is 390. The Labute approximate surface area is 86.1 Å². The van der Waals surface area contributed by atoms with Crippen LogP contribution in [0.5, 0.6) is 0 Å². The van der Waals surface area contributed by atoms with Crippen molar-refractivity contribution in [2.45, 2.75) is 18.7 Å². The lowest BCUT2D eigenvalue weighted by atomic mass is 10.2. The summed E-state index contributed by atoms with van der Waals surface area (Å²) in [6.45, 7) is 6.82. The minimum Gasteiger partial charge on any atom is -0.294 e. The molecule has 2 nitrogen and oxygen atoms in total. The number of hydrogen-bond donors (Lipinski definition) is 0. The molecule has 0 fully saturated rings. The monoisotopic (exact) mass is 208 g/mol. The summed E-state index contributed by atoms with van der Waals surface area (Å²) in [5.41, 5.74) is 1.10. The van der Waals surface area contributed by atoms with E-state index in [2.05, 4.69) is 6.58 Å². The predicted octanol–water partition coefficient (Wildman–Crippen LogP) is 2.21. The molecule has 0 bridgehead atoms. The molecule has 0 aliphatic rings. The van der Waals surface area contributed by atoms with Crippen LogP contribution in [0, 0.1) is 6.92 Å². The van der Waals surface area contributed by atoms with E-state index in [1.54, 1.807) is 12.1 Å². The molecule has 0 aliphatic carbocycles. The summed E-state index contributed by atoms with van der Waals surface area (Å²) in [6, 6.07) is 7.22. The molecule has 74 valence electrons. The molecule has 0 amide bonds. The molecule has 0 aromatic heterocycles. The van der Waals surface area contributed by atoms with Crippen LogP contribution in [0.25, 0.3) is 0 Å². The van der Waals surface area contributed by atoms with Crippen molar-refractivity contribution in [3.63, 3.8) is 0 Å². The third kappa shape index (κ3) is 2.39. The zero-order valence-corrected chi connectivity index (χ0v) is 9.06. The van der Waals surface area contributed by atoms with Crippen molar-refractivity contribution >= 4 is 16.6 Å². The third-order valence-corrected chi connectivity index (χ3v) is 3.29. The number of ketones is 1. The van der Waals surface area contributed by atoms with Crippen molar-refractivity contribution in [2.24, 2.45) is 0 Å². The topological polar surface area (TPSA) is 34.1 Å². The lowest BCUT2D eigenvalue weighted by Crippen LogP contribution is -2.02. The van der Waals surface area contributed by atoms with Crippen LogP contribution >= 0.6 is 0 Å². The zero-order valence-electron chi connectivity index (χ0n) is 8.24. The van der Waals surface area contributed by atoms with Gasteiger partial charge < -0.3 is 0 Å². The van der Waals surface area contributed by atoms with Crippen LogP contribution in [0.4, 0.5) is 0 Å². The van der Waals surface area contributed by atoms with Gasteiger partial charge in [0.25, 0.3) is 0 Å². The Balaban J connectivity index is 2.96. The Kier molecular flexibility index (Phi) is 3.36. The molecule has 0 saturated heterocycles. The number of carbonyl (C=O) groups is 1. The van der Waals surface area contributed by atoms with Gasteiger partial charge in [0.05, 0.1) is 15.7 Å².